The normalized spacial score (nSPS) is 15.8. The molecule has 0 fully saturated rings. The minimum Gasteiger partial charge on any atom is -0.497 e. The Morgan fingerprint density at radius 2 is 1.90 bits per heavy atom. The minimum atomic E-state index is -0.587. The predicted molar refractivity (Wildman–Crippen MR) is 115 cm³/mol. The van der Waals surface area contributed by atoms with Crippen molar-refractivity contribution in [2.45, 2.75) is 6.04 Å². The molecule has 1 N–H and O–H groups in total. The molecule has 0 aliphatic carbocycles. The third-order valence-corrected chi connectivity index (χ3v) is 5.46. The molecule has 0 radical (unpaired) electrons. The van der Waals surface area contributed by atoms with E-state index in [2.05, 4.69) is 21.2 Å². The van der Waals surface area contributed by atoms with Gasteiger partial charge in [-0.2, -0.15) is 0 Å². The highest BCUT2D eigenvalue weighted by Gasteiger charge is 2.34. The van der Waals surface area contributed by atoms with Crippen molar-refractivity contribution in [3.05, 3.63) is 93.7 Å². The Bertz CT molecular complexity index is 1120. The van der Waals surface area contributed by atoms with Crippen LogP contribution in [0.4, 0.5) is 10.1 Å². The first-order chi connectivity index (χ1) is 14.5. The van der Waals surface area contributed by atoms with Crippen LogP contribution in [0.3, 0.4) is 0 Å². The van der Waals surface area contributed by atoms with Gasteiger partial charge in [-0.15, -0.1) is 0 Å². The van der Waals surface area contributed by atoms with E-state index < -0.39 is 6.04 Å². The van der Waals surface area contributed by atoms with Crippen LogP contribution in [-0.4, -0.2) is 30.4 Å². The zero-order valence-corrected chi connectivity index (χ0v) is 17.6. The van der Waals surface area contributed by atoms with Crippen LogP contribution >= 0.6 is 15.9 Å². The van der Waals surface area contributed by atoms with Gasteiger partial charge < -0.3 is 15.0 Å². The zero-order valence-electron chi connectivity index (χ0n) is 16.1. The van der Waals surface area contributed by atoms with E-state index in [1.165, 1.54) is 24.1 Å². The maximum Gasteiger partial charge on any atom is 0.255 e. The Kier molecular flexibility index (Phi) is 5.55. The number of benzene rings is 3. The fraction of sp³-hybridized carbons (Fsp3) is 0.130. The van der Waals surface area contributed by atoms with Gasteiger partial charge in [-0.1, -0.05) is 34.1 Å². The summed E-state index contributed by atoms with van der Waals surface area (Å²) in [6.45, 7) is -0.148. The van der Waals surface area contributed by atoms with Gasteiger partial charge >= 0.3 is 0 Å². The van der Waals surface area contributed by atoms with E-state index >= 15 is 0 Å². The maximum atomic E-state index is 13.6. The molecular weight excluding hydrogens is 451 g/mol. The number of halogens is 2. The molecule has 3 aromatic carbocycles. The van der Waals surface area contributed by atoms with E-state index in [1.807, 2.05) is 12.1 Å². The van der Waals surface area contributed by atoms with Gasteiger partial charge in [0, 0.05) is 21.3 Å². The molecular formula is C23H18BrFN2O3. The number of hydrogen-bond donors (Lipinski definition) is 1. The second kappa shape index (κ2) is 8.28. The molecule has 0 saturated heterocycles. The van der Waals surface area contributed by atoms with E-state index in [0.717, 1.165) is 10.0 Å². The van der Waals surface area contributed by atoms with Gasteiger partial charge in [0.05, 0.1) is 13.2 Å². The number of fused-ring (bicyclic) bond motifs is 1. The van der Waals surface area contributed by atoms with Crippen LogP contribution in [-0.2, 0) is 4.79 Å². The molecule has 1 aliphatic heterocycles. The number of anilines is 1. The van der Waals surface area contributed by atoms with E-state index in [4.69, 9.17) is 4.74 Å². The molecule has 0 bridgehead atoms. The van der Waals surface area contributed by atoms with Crippen molar-refractivity contribution in [3.8, 4) is 5.75 Å². The first kappa shape index (κ1) is 20.1. The quantitative estimate of drug-likeness (QED) is 0.601. The van der Waals surface area contributed by atoms with Crippen molar-refractivity contribution in [1.82, 2.24) is 4.90 Å². The molecule has 1 heterocycles. The number of rotatable bonds is 3. The van der Waals surface area contributed by atoms with E-state index in [9.17, 15) is 14.0 Å². The van der Waals surface area contributed by atoms with Crippen LogP contribution in [0.25, 0.3) is 0 Å². The number of amides is 2. The summed E-state index contributed by atoms with van der Waals surface area (Å²) in [4.78, 5) is 27.6. The zero-order chi connectivity index (χ0) is 21.3. The molecule has 30 heavy (non-hydrogen) atoms. The number of carbonyl (C=O) groups excluding carboxylic acids is 2. The number of carbonyl (C=O) groups is 2. The monoisotopic (exact) mass is 468 g/mol. The van der Waals surface area contributed by atoms with E-state index in [-0.39, 0.29) is 24.2 Å². The molecule has 2 amide bonds. The van der Waals surface area contributed by atoms with Crippen molar-refractivity contribution in [2.75, 3.05) is 19.0 Å². The smallest absolute Gasteiger partial charge is 0.255 e. The van der Waals surface area contributed by atoms with Crippen LogP contribution in [0.1, 0.15) is 27.5 Å². The largest absolute Gasteiger partial charge is 0.497 e. The summed E-state index contributed by atoms with van der Waals surface area (Å²) in [5, 5.41) is 2.87. The van der Waals surface area contributed by atoms with Crippen molar-refractivity contribution in [1.29, 1.82) is 0 Å². The van der Waals surface area contributed by atoms with Gasteiger partial charge in [-0.05, 0) is 54.1 Å². The van der Waals surface area contributed by atoms with Crippen molar-refractivity contribution < 1.29 is 18.7 Å². The van der Waals surface area contributed by atoms with Crippen molar-refractivity contribution in [2.24, 2.45) is 0 Å². The van der Waals surface area contributed by atoms with Gasteiger partial charge in [-0.3, -0.25) is 9.59 Å². The number of nitrogens with zero attached hydrogens (tertiary/aromatic N) is 1. The molecule has 7 heteroatoms. The lowest BCUT2D eigenvalue weighted by Crippen LogP contribution is -2.39. The molecule has 1 aliphatic rings. The second-order valence-corrected chi connectivity index (χ2v) is 7.81. The average Bonchev–Trinajstić information content (AvgIpc) is 2.89. The third kappa shape index (κ3) is 3.93. The van der Waals surface area contributed by atoms with Crippen molar-refractivity contribution in [3.63, 3.8) is 0 Å². The van der Waals surface area contributed by atoms with Crippen LogP contribution in [0.15, 0.2) is 71.2 Å². The number of methoxy groups -OCH3 is 1. The van der Waals surface area contributed by atoms with Gasteiger partial charge in [0.25, 0.3) is 5.91 Å². The van der Waals surface area contributed by atoms with Crippen LogP contribution in [0.2, 0.25) is 0 Å². The Morgan fingerprint density at radius 3 is 2.63 bits per heavy atom. The summed E-state index contributed by atoms with van der Waals surface area (Å²) in [7, 11) is 1.53. The van der Waals surface area contributed by atoms with Crippen LogP contribution in [0.5, 0.6) is 5.75 Å². The van der Waals surface area contributed by atoms with Gasteiger partial charge in [0.15, 0.2) is 0 Å². The highest BCUT2D eigenvalue weighted by Crippen LogP contribution is 2.38. The Hall–Kier alpha value is -3.19. The fourth-order valence-electron chi connectivity index (χ4n) is 3.59. The Labute approximate surface area is 181 Å². The molecule has 0 spiro atoms. The first-order valence-electron chi connectivity index (χ1n) is 9.26. The van der Waals surface area contributed by atoms with E-state index in [0.29, 0.717) is 22.6 Å². The summed E-state index contributed by atoms with van der Waals surface area (Å²) in [5.74, 6) is -0.464. The maximum absolute atomic E-state index is 13.6. The highest BCUT2D eigenvalue weighted by molar-refractivity contribution is 9.10. The third-order valence-electron chi connectivity index (χ3n) is 4.97. The summed E-state index contributed by atoms with van der Waals surface area (Å²) in [5.41, 5.74) is 2.44. The molecule has 1 atom stereocenters. The summed E-state index contributed by atoms with van der Waals surface area (Å²) < 4.78 is 19.6. The molecule has 0 aromatic heterocycles. The topological polar surface area (TPSA) is 58.6 Å². The minimum absolute atomic E-state index is 0.148. The molecule has 5 nitrogen and oxygen atoms in total. The molecule has 0 saturated carbocycles. The lowest BCUT2D eigenvalue weighted by atomic mass is 9.95. The van der Waals surface area contributed by atoms with Gasteiger partial charge in [0.2, 0.25) is 5.91 Å². The van der Waals surface area contributed by atoms with Gasteiger partial charge in [-0.25, -0.2) is 4.39 Å². The summed E-state index contributed by atoms with van der Waals surface area (Å²) in [6.07, 6.45) is 0. The van der Waals surface area contributed by atoms with Crippen LogP contribution in [0, 0.1) is 5.82 Å². The lowest BCUT2D eigenvalue weighted by Gasteiger charge is -2.31. The average molecular weight is 469 g/mol. The van der Waals surface area contributed by atoms with Crippen LogP contribution < -0.4 is 10.1 Å². The molecule has 152 valence electrons. The Morgan fingerprint density at radius 1 is 1.13 bits per heavy atom. The lowest BCUT2D eigenvalue weighted by molar-refractivity contribution is -0.117. The molecule has 0 unspecified atom stereocenters. The SMILES string of the molecule is COc1cccc(C(=O)N2CC(=O)Nc3ccc(Br)cc3[C@H]2c2ccc(F)cc2)c1. The second-order valence-electron chi connectivity index (χ2n) is 6.90. The fourth-order valence-corrected chi connectivity index (χ4v) is 3.97. The van der Waals surface area contributed by atoms with Crippen molar-refractivity contribution >= 4 is 33.4 Å². The van der Waals surface area contributed by atoms with Gasteiger partial charge in [0.1, 0.15) is 18.1 Å². The predicted octanol–water partition coefficient (Wildman–Crippen LogP) is 4.78. The number of hydrogen-bond acceptors (Lipinski definition) is 3. The summed E-state index contributed by atoms with van der Waals surface area (Å²) >= 11 is 3.47. The molecule has 4 rings (SSSR count). The summed E-state index contributed by atoms with van der Waals surface area (Å²) in [6, 6.07) is 17.6. The van der Waals surface area contributed by atoms with E-state index in [1.54, 1.807) is 42.5 Å². The highest BCUT2D eigenvalue weighted by atomic mass is 79.9. The number of ether oxygens (including phenoxy) is 1. The standard InChI is InChI=1S/C23H18BrFN2O3/c1-30-18-4-2-3-15(11-18)23(29)27-13-21(28)26-20-10-7-16(24)12-19(20)22(27)14-5-8-17(25)9-6-14/h2-12,22H,13H2,1H3,(H,26,28)/t22-/m1/s1. The first-order valence-corrected chi connectivity index (χ1v) is 10.1. The number of nitrogens with one attached hydrogen (secondary N) is 1. The molecule has 3 aromatic rings. The Balaban J connectivity index is 1.88.